The molecule has 0 saturated carbocycles. The van der Waals surface area contributed by atoms with Crippen molar-refractivity contribution in [3.05, 3.63) is 21.4 Å². The molecule has 0 aromatic carbocycles. The van der Waals surface area contributed by atoms with E-state index in [1.165, 1.54) is 48.7 Å². The molecule has 0 amide bonds. The van der Waals surface area contributed by atoms with Gasteiger partial charge in [0.05, 0.1) is 0 Å². The van der Waals surface area contributed by atoms with Gasteiger partial charge in [-0.15, -0.1) is 11.3 Å². The summed E-state index contributed by atoms with van der Waals surface area (Å²) < 4.78 is 0. The van der Waals surface area contributed by atoms with E-state index in [4.69, 9.17) is 0 Å². The first-order valence-electron chi connectivity index (χ1n) is 8.13. The fourth-order valence-electron chi connectivity index (χ4n) is 4.16. The summed E-state index contributed by atoms with van der Waals surface area (Å²) in [5.41, 5.74) is 1.56. The van der Waals surface area contributed by atoms with Crippen LogP contribution >= 0.6 is 11.3 Å². The van der Waals surface area contributed by atoms with Gasteiger partial charge in [-0.05, 0) is 58.7 Å². The van der Waals surface area contributed by atoms with Crippen LogP contribution in [0, 0.1) is 13.8 Å². The molecule has 2 fully saturated rings. The molecule has 1 aromatic heterocycles. The molecule has 1 aromatic rings. The number of piperazine rings is 1. The van der Waals surface area contributed by atoms with E-state index in [0.29, 0.717) is 12.1 Å². The lowest BCUT2D eigenvalue weighted by atomic mass is 9.94. The summed E-state index contributed by atoms with van der Waals surface area (Å²) in [5, 5.41) is 0. The van der Waals surface area contributed by atoms with E-state index in [-0.39, 0.29) is 0 Å². The Bertz CT molecular complexity index is 468. The van der Waals surface area contributed by atoms with Gasteiger partial charge in [0.15, 0.2) is 0 Å². The molecular formula is C17H28N2S. The van der Waals surface area contributed by atoms with Crippen LogP contribution in [0.15, 0.2) is 6.07 Å². The molecule has 2 nitrogen and oxygen atoms in total. The maximum Gasteiger partial charge on any atom is 0.0334 e. The largest absolute Gasteiger partial charge is 0.298 e. The van der Waals surface area contributed by atoms with Crippen LogP contribution in [0.5, 0.6) is 0 Å². The highest BCUT2D eigenvalue weighted by atomic mass is 32.1. The first kappa shape index (κ1) is 14.6. The van der Waals surface area contributed by atoms with Gasteiger partial charge in [-0.1, -0.05) is 6.42 Å². The zero-order valence-electron chi connectivity index (χ0n) is 13.4. The van der Waals surface area contributed by atoms with E-state index < -0.39 is 0 Å². The third kappa shape index (κ3) is 2.68. The molecule has 3 atom stereocenters. The number of nitrogens with zero attached hydrogens (tertiary/aromatic N) is 2. The lowest BCUT2D eigenvalue weighted by Crippen LogP contribution is -2.59. The molecule has 0 aliphatic carbocycles. The number of thiophene rings is 1. The van der Waals surface area contributed by atoms with E-state index in [1.54, 1.807) is 5.56 Å². The Balaban J connectivity index is 1.77. The van der Waals surface area contributed by atoms with E-state index in [2.05, 4.69) is 43.6 Å². The van der Waals surface area contributed by atoms with Crippen LogP contribution in [-0.4, -0.2) is 41.5 Å². The van der Waals surface area contributed by atoms with Crippen LogP contribution in [0.4, 0.5) is 0 Å². The average molecular weight is 292 g/mol. The number of fused-ring (bicyclic) bond motifs is 1. The first-order chi connectivity index (χ1) is 9.56. The molecular weight excluding hydrogens is 264 g/mol. The minimum atomic E-state index is 0.569. The van der Waals surface area contributed by atoms with E-state index in [0.717, 1.165) is 6.04 Å². The summed E-state index contributed by atoms with van der Waals surface area (Å²) in [7, 11) is 0. The summed E-state index contributed by atoms with van der Waals surface area (Å²) in [6, 6.07) is 4.46. The van der Waals surface area contributed by atoms with Crippen LogP contribution in [-0.2, 0) is 0 Å². The van der Waals surface area contributed by atoms with E-state index in [9.17, 15) is 0 Å². The third-order valence-electron chi connectivity index (χ3n) is 5.26. The van der Waals surface area contributed by atoms with Crippen molar-refractivity contribution >= 4 is 11.3 Å². The van der Waals surface area contributed by atoms with Crippen LogP contribution in [0.2, 0.25) is 0 Å². The number of hydrogen-bond donors (Lipinski definition) is 0. The minimum absolute atomic E-state index is 0.569. The second-order valence-corrected chi connectivity index (χ2v) is 8.20. The SMILES string of the molecule is Cc1cc(C(C)N2CC3CCCCN3CC2C)c(C)s1. The molecule has 3 unspecified atom stereocenters. The summed E-state index contributed by atoms with van der Waals surface area (Å²) in [4.78, 5) is 8.45. The molecule has 3 rings (SSSR count). The zero-order chi connectivity index (χ0) is 14.3. The maximum atomic E-state index is 2.75. The second kappa shape index (κ2) is 5.78. The summed E-state index contributed by atoms with van der Waals surface area (Å²) in [6.07, 6.45) is 4.23. The highest BCUT2D eigenvalue weighted by molar-refractivity contribution is 7.12. The Morgan fingerprint density at radius 2 is 2.05 bits per heavy atom. The molecule has 112 valence electrons. The van der Waals surface area contributed by atoms with Gasteiger partial charge in [0.2, 0.25) is 0 Å². The fraction of sp³-hybridized carbons (Fsp3) is 0.765. The van der Waals surface area contributed by atoms with Crippen molar-refractivity contribution in [1.82, 2.24) is 9.80 Å². The predicted octanol–water partition coefficient (Wildman–Crippen LogP) is 3.98. The Hall–Kier alpha value is -0.380. The molecule has 2 aliphatic rings. The predicted molar refractivity (Wildman–Crippen MR) is 87.6 cm³/mol. The molecule has 3 heterocycles. The van der Waals surface area contributed by atoms with E-state index in [1.807, 2.05) is 11.3 Å². The van der Waals surface area contributed by atoms with Gasteiger partial charge in [-0.3, -0.25) is 9.80 Å². The smallest absolute Gasteiger partial charge is 0.0334 e. The van der Waals surface area contributed by atoms with Gasteiger partial charge < -0.3 is 0 Å². The monoisotopic (exact) mass is 292 g/mol. The van der Waals surface area contributed by atoms with Gasteiger partial charge in [0.1, 0.15) is 0 Å². The normalized spacial score (nSPS) is 30.2. The quantitative estimate of drug-likeness (QED) is 0.813. The first-order valence-corrected chi connectivity index (χ1v) is 8.94. The molecule has 0 radical (unpaired) electrons. The van der Waals surface area contributed by atoms with Crippen LogP contribution < -0.4 is 0 Å². The van der Waals surface area contributed by atoms with Crippen molar-refractivity contribution in [2.45, 2.75) is 65.1 Å². The zero-order valence-corrected chi connectivity index (χ0v) is 14.2. The van der Waals surface area contributed by atoms with Crippen LogP contribution in [0.3, 0.4) is 0 Å². The van der Waals surface area contributed by atoms with Crippen molar-refractivity contribution in [2.75, 3.05) is 19.6 Å². The Morgan fingerprint density at radius 1 is 1.25 bits per heavy atom. The van der Waals surface area contributed by atoms with Crippen molar-refractivity contribution in [1.29, 1.82) is 0 Å². The summed E-state index contributed by atoms with van der Waals surface area (Å²) in [5.74, 6) is 0. The maximum absolute atomic E-state index is 2.75. The topological polar surface area (TPSA) is 6.48 Å². The van der Waals surface area contributed by atoms with Crippen molar-refractivity contribution in [3.63, 3.8) is 0 Å². The van der Waals surface area contributed by atoms with Crippen LogP contribution in [0.25, 0.3) is 0 Å². The Labute approximate surface area is 127 Å². The highest BCUT2D eigenvalue weighted by Gasteiger charge is 2.35. The molecule has 0 spiro atoms. The number of rotatable bonds is 2. The van der Waals surface area contributed by atoms with Gasteiger partial charge >= 0.3 is 0 Å². The summed E-state index contributed by atoms with van der Waals surface area (Å²) in [6.45, 7) is 13.2. The Morgan fingerprint density at radius 3 is 2.75 bits per heavy atom. The molecule has 2 aliphatic heterocycles. The lowest BCUT2D eigenvalue weighted by Gasteiger charge is -2.49. The number of piperidine rings is 1. The van der Waals surface area contributed by atoms with Gasteiger partial charge in [0.25, 0.3) is 0 Å². The number of hydrogen-bond acceptors (Lipinski definition) is 3. The highest BCUT2D eigenvalue weighted by Crippen LogP contribution is 2.34. The molecule has 20 heavy (non-hydrogen) atoms. The van der Waals surface area contributed by atoms with Crippen LogP contribution in [0.1, 0.15) is 54.5 Å². The standard InChI is InChI=1S/C17H28N2S/c1-12-10-18-8-6-5-7-16(18)11-19(12)14(3)17-9-13(2)20-15(17)4/h9,12,14,16H,5-8,10-11H2,1-4H3. The van der Waals surface area contributed by atoms with Gasteiger partial charge in [-0.25, -0.2) is 0 Å². The third-order valence-corrected chi connectivity index (χ3v) is 6.24. The van der Waals surface area contributed by atoms with Crippen molar-refractivity contribution in [2.24, 2.45) is 0 Å². The molecule has 3 heteroatoms. The van der Waals surface area contributed by atoms with Crippen molar-refractivity contribution in [3.8, 4) is 0 Å². The second-order valence-electron chi connectivity index (χ2n) is 6.73. The molecule has 2 saturated heterocycles. The van der Waals surface area contributed by atoms with E-state index >= 15 is 0 Å². The van der Waals surface area contributed by atoms with Gasteiger partial charge in [-0.2, -0.15) is 0 Å². The lowest BCUT2D eigenvalue weighted by molar-refractivity contribution is -0.00462. The Kier molecular flexibility index (Phi) is 4.21. The summed E-state index contributed by atoms with van der Waals surface area (Å²) >= 11 is 1.95. The number of aryl methyl sites for hydroxylation is 2. The average Bonchev–Trinajstić information content (AvgIpc) is 2.76. The molecule has 0 N–H and O–H groups in total. The van der Waals surface area contributed by atoms with Crippen molar-refractivity contribution < 1.29 is 0 Å². The fourth-order valence-corrected chi connectivity index (χ4v) is 5.17. The minimum Gasteiger partial charge on any atom is -0.298 e. The molecule has 0 bridgehead atoms. The van der Waals surface area contributed by atoms with Gasteiger partial charge in [0, 0.05) is 41.0 Å².